The monoisotopic (exact) mass is 260 g/mol. The molecular formula is C14H16N2O3. The van der Waals surface area contributed by atoms with Crippen LogP contribution in [-0.2, 0) is 6.54 Å². The van der Waals surface area contributed by atoms with Crippen LogP contribution in [0.3, 0.4) is 0 Å². The molecule has 0 radical (unpaired) electrons. The number of nitrogens with zero attached hydrogens (tertiary/aromatic N) is 2. The third-order valence-corrected chi connectivity index (χ3v) is 2.85. The summed E-state index contributed by atoms with van der Waals surface area (Å²) in [5, 5.41) is 12.7. The van der Waals surface area contributed by atoms with Crippen LogP contribution in [0.2, 0.25) is 0 Å². The molecule has 0 spiro atoms. The minimum Gasteiger partial charge on any atom is -0.395 e. The van der Waals surface area contributed by atoms with Crippen LogP contribution in [0.1, 0.15) is 21.7 Å². The summed E-state index contributed by atoms with van der Waals surface area (Å²) in [6.45, 7) is 2.34. The highest BCUT2D eigenvalue weighted by atomic mass is 16.5. The van der Waals surface area contributed by atoms with E-state index in [-0.39, 0.29) is 19.1 Å². The summed E-state index contributed by atoms with van der Waals surface area (Å²) in [4.78, 5) is 13.9. The Bertz CT molecular complexity index is 537. The van der Waals surface area contributed by atoms with Crippen LogP contribution in [0.15, 0.2) is 41.1 Å². The lowest BCUT2D eigenvalue weighted by atomic mass is 10.2. The van der Waals surface area contributed by atoms with Gasteiger partial charge < -0.3 is 14.5 Å². The largest absolute Gasteiger partial charge is 0.395 e. The number of carbonyl (C=O) groups is 1. The van der Waals surface area contributed by atoms with Crippen LogP contribution in [-0.4, -0.2) is 34.2 Å². The second-order valence-electron chi connectivity index (χ2n) is 4.23. The Morgan fingerprint density at radius 2 is 2.11 bits per heavy atom. The van der Waals surface area contributed by atoms with Gasteiger partial charge in [0.25, 0.3) is 5.91 Å². The molecule has 1 heterocycles. The fraction of sp³-hybridized carbons (Fsp3) is 0.286. The van der Waals surface area contributed by atoms with E-state index in [1.54, 1.807) is 11.8 Å². The first-order valence-corrected chi connectivity index (χ1v) is 6.07. The topological polar surface area (TPSA) is 66.6 Å². The van der Waals surface area contributed by atoms with Gasteiger partial charge in [-0.2, -0.15) is 0 Å². The first-order chi connectivity index (χ1) is 9.22. The minimum absolute atomic E-state index is 0.0805. The number of amides is 1. The van der Waals surface area contributed by atoms with Crippen LogP contribution in [0.25, 0.3) is 0 Å². The fourth-order valence-electron chi connectivity index (χ4n) is 1.85. The van der Waals surface area contributed by atoms with E-state index in [9.17, 15) is 4.79 Å². The summed E-state index contributed by atoms with van der Waals surface area (Å²) < 4.78 is 4.90. The van der Waals surface area contributed by atoms with E-state index >= 15 is 0 Å². The number of hydrogen-bond donors (Lipinski definition) is 1. The Balaban J connectivity index is 2.16. The summed E-state index contributed by atoms with van der Waals surface area (Å²) in [5.74, 6) is 0.303. The molecule has 0 saturated heterocycles. The van der Waals surface area contributed by atoms with Gasteiger partial charge in [-0.1, -0.05) is 35.5 Å². The van der Waals surface area contributed by atoms with Gasteiger partial charge in [0.05, 0.1) is 12.8 Å². The normalized spacial score (nSPS) is 10.4. The third-order valence-electron chi connectivity index (χ3n) is 2.85. The van der Waals surface area contributed by atoms with Gasteiger partial charge in [0.2, 0.25) is 0 Å². The highest BCUT2D eigenvalue weighted by Gasteiger charge is 2.20. The van der Waals surface area contributed by atoms with E-state index in [0.717, 1.165) is 5.56 Å². The van der Waals surface area contributed by atoms with Gasteiger partial charge >= 0.3 is 0 Å². The highest BCUT2D eigenvalue weighted by Crippen LogP contribution is 2.12. The molecule has 0 fully saturated rings. The molecule has 0 aliphatic heterocycles. The molecule has 0 aliphatic rings. The van der Waals surface area contributed by atoms with E-state index in [1.807, 2.05) is 30.3 Å². The number of hydrogen-bond acceptors (Lipinski definition) is 4. The predicted octanol–water partition coefficient (Wildman–Crippen LogP) is 1.62. The molecule has 1 amide bonds. The Labute approximate surface area is 111 Å². The lowest BCUT2D eigenvalue weighted by molar-refractivity contribution is 0.0706. The molecular weight excluding hydrogens is 244 g/mol. The van der Waals surface area contributed by atoms with Crippen LogP contribution in [0.4, 0.5) is 0 Å². The van der Waals surface area contributed by atoms with Gasteiger partial charge in [-0.25, -0.2) is 0 Å². The van der Waals surface area contributed by atoms with E-state index in [2.05, 4.69) is 5.16 Å². The molecule has 0 atom stereocenters. The zero-order chi connectivity index (χ0) is 13.7. The first-order valence-electron chi connectivity index (χ1n) is 6.07. The number of rotatable bonds is 5. The smallest absolute Gasteiger partial charge is 0.259 e. The average molecular weight is 260 g/mol. The number of aromatic nitrogens is 1. The van der Waals surface area contributed by atoms with Crippen LogP contribution in [0, 0.1) is 6.92 Å². The molecule has 0 aliphatic carbocycles. The van der Waals surface area contributed by atoms with Crippen molar-refractivity contribution in [2.75, 3.05) is 13.2 Å². The molecule has 0 unspecified atom stereocenters. The van der Waals surface area contributed by atoms with Crippen LogP contribution >= 0.6 is 0 Å². The molecule has 2 rings (SSSR count). The summed E-state index contributed by atoms with van der Waals surface area (Å²) >= 11 is 0. The molecule has 0 bridgehead atoms. The van der Waals surface area contributed by atoms with Crippen LogP contribution < -0.4 is 0 Å². The van der Waals surface area contributed by atoms with Crippen molar-refractivity contribution in [2.24, 2.45) is 0 Å². The van der Waals surface area contributed by atoms with E-state index in [0.29, 0.717) is 17.9 Å². The molecule has 0 saturated carbocycles. The second kappa shape index (κ2) is 6.15. The molecule has 2 aromatic rings. The lowest BCUT2D eigenvalue weighted by Crippen LogP contribution is -2.33. The molecule has 5 heteroatoms. The predicted molar refractivity (Wildman–Crippen MR) is 69.5 cm³/mol. The summed E-state index contributed by atoms with van der Waals surface area (Å²) in [5.41, 5.74) is 1.45. The number of aliphatic hydroxyl groups is 1. The van der Waals surface area contributed by atoms with Crippen molar-refractivity contribution in [2.45, 2.75) is 13.5 Å². The van der Waals surface area contributed by atoms with E-state index in [4.69, 9.17) is 9.63 Å². The van der Waals surface area contributed by atoms with Crippen molar-refractivity contribution in [3.63, 3.8) is 0 Å². The SMILES string of the molecule is Cc1oncc1C(=O)N(CCO)Cc1ccccc1. The zero-order valence-electron chi connectivity index (χ0n) is 10.7. The minimum atomic E-state index is -0.184. The number of aliphatic hydroxyl groups excluding tert-OH is 1. The van der Waals surface area contributed by atoms with Gasteiger partial charge in [0.15, 0.2) is 0 Å². The maximum Gasteiger partial charge on any atom is 0.259 e. The van der Waals surface area contributed by atoms with Crippen molar-refractivity contribution in [3.05, 3.63) is 53.4 Å². The first kappa shape index (κ1) is 13.3. The number of aryl methyl sites for hydroxylation is 1. The molecule has 5 nitrogen and oxygen atoms in total. The van der Waals surface area contributed by atoms with E-state index in [1.165, 1.54) is 6.20 Å². The quantitative estimate of drug-likeness (QED) is 0.887. The maximum atomic E-state index is 12.3. The molecule has 1 aromatic heterocycles. The highest BCUT2D eigenvalue weighted by molar-refractivity contribution is 5.94. The van der Waals surface area contributed by atoms with Gasteiger partial charge in [-0.15, -0.1) is 0 Å². The van der Waals surface area contributed by atoms with Crippen molar-refractivity contribution < 1.29 is 14.4 Å². The van der Waals surface area contributed by atoms with Crippen molar-refractivity contribution in [1.29, 1.82) is 0 Å². The molecule has 1 N–H and O–H groups in total. The summed E-state index contributed by atoms with van der Waals surface area (Å²) in [7, 11) is 0. The molecule has 100 valence electrons. The third kappa shape index (κ3) is 3.20. The average Bonchev–Trinajstić information content (AvgIpc) is 2.85. The van der Waals surface area contributed by atoms with Crippen molar-refractivity contribution in [1.82, 2.24) is 10.1 Å². The Hall–Kier alpha value is -2.14. The van der Waals surface area contributed by atoms with Gasteiger partial charge in [-0.3, -0.25) is 4.79 Å². The summed E-state index contributed by atoms with van der Waals surface area (Å²) in [6, 6.07) is 9.64. The van der Waals surface area contributed by atoms with Gasteiger partial charge in [-0.05, 0) is 12.5 Å². The Kier molecular flexibility index (Phi) is 4.30. The lowest BCUT2D eigenvalue weighted by Gasteiger charge is -2.21. The van der Waals surface area contributed by atoms with Crippen molar-refractivity contribution in [3.8, 4) is 0 Å². The second-order valence-corrected chi connectivity index (χ2v) is 4.23. The number of benzene rings is 1. The Morgan fingerprint density at radius 3 is 2.68 bits per heavy atom. The fourth-order valence-corrected chi connectivity index (χ4v) is 1.85. The molecule has 19 heavy (non-hydrogen) atoms. The van der Waals surface area contributed by atoms with Crippen molar-refractivity contribution >= 4 is 5.91 Å². The maximum absolute atomic E-state index is 12.3. The van der Waals surface area contributed by atoms with E-state index < -0.39 is 0 Å². The Morgan fingerprint density at radius 1 is 1.37 bits per heavy atom. The zero-order valence-corrected chi connectivity index (χ0v) is 10.7. The van der Waals surface area contributed by atoms with Gasteiger partial charge in [0, 0.05) is 13.1 Å². The number of carbonyl (C=O) groups excluding carboxylic acids is 1. The van der Waals surface area contributed by atoms with Crippen LogP contribution in [0.5, 0.6) is 0 Å². The molecule has 1 aromatic carbocycles. The summed E-state index contributed by atoms with van der Waals surface area (Å²) in [6.07, 6.45) is 1.41. The van der Waals surface area contributed by atoms with Gasteiger partial charge in [0.1, 0.15) is 11.3 Å². The standard InChI is InChI=1S/C14H16N2O3/c1-11-13(9-15-19-11)14(18)16(7-8-17)10-12-5-3-2-4-6-12/h2-6,9,17H,7-8,10H2,1H3.